The van der Waals surface area contributed by atoms with E-state index in [1.807, 2.05) is 0 Å². The summed E-state index contributed by atoms with van der Waals surface area (Å²) in [5.74, 6) is -0.497. The summed E-state index contributed by atoms with van der Waals surface area (Å²) in [6.45, 7) is 1.47. The van der Waals surface area contributed by atoms with Crippen LogP contribution >= 0.6 is 11.6 Å². The lowest BCUT2D eigenvalue weighted by molar-refractivity contribution is -0.130. The van der Waals surface area contributed by atoms with Crippen molar-refractivity contribution in [2.24, 2.45) is 0 Å². The molecule has 3 N–H and O–H groups in total. The highest BCUT2D eigenvalue weighted by Crippen LogP contribution is 2.25. The Labute approximate surface area is 173 Å². The number of anilines is 1. The molecule has 2 aromatic carbocycles. The molecule has 0 heterocycles. The van der Waals surface area contributed by atoms with Gasteiger partial charge in [0.2, 0.25) is 11.8 Å². The molecule has 0 aliphatic heterocycles. The molecule has 3 amide bonds. The summed E-state index contributed by atoms with van der Waals surface area (Å²) in [4.78, 5) is 35.6. The first-order valence-electron chi connectivity index (χ1n) is 8.79. The number of methoxy groups -OCH3 is 1. The van der Waals surface area contributed by atoms with Crippen molar-refractivity contribution in [3.05, 3.63) is 53.1 Å². The molecular formula is C20H22ClN3O5. The van der Waals surface area contributed by atoms with Crippen LogP contribution in [0.4, 0.5) is 5.69 Å². The van der Waals surface area contributed by atoms with Crippen LogP contribution in [-0.2, 0) is 14.4 Å². The minimum atomic E-state index is -0.553. The summed E-state index contributed by atoms with van der Waals surface area (Å²) >= 11 is 6.00. The Bertz CT molecular complexity index is 888. The Balaban J connectivity index is 1.69. The van der Waals surface area contributed by atoms with E-state index in [-0.39, 0.29) is 25.4 Å². The van der Waals surface area contributed by atoms with Gasteiger partial charge < -0.3 is 14.8 Å². The van der Waals surface area contributed by atoms with Crippen LogP contribution in [0.25, 0.3) is 0 Å². The third-order valence-corrected chi connectivity index (χ3v) is 4.30. The highest BCUT2D eigenvalue weighted by Gasteiger charge is 2.11. The van der Waals surface area contributed by atoms with Gasteiger partial charge in [-0.15, -0.1) is 0 Å². The van der Waals surface area contributed by atoms with Crippen molar-refractivity contribution in [2.45, 2.75) is 19.8 Å². The second kappa shape index (κ2) is 10.9. The van der Waals surface area contributed by atoms with E-state index in [1.165, 1.54) is 7.11 Å². The van der Waals surface area contributed by atoms with Gasteiger partial charge in [0.25, 0.3) is 5.91 Å². The van der Waals surface area contributed by atoms with Gasteiger partial charge in [0.05, 0.1) is 7.11 Å². The van der Waals surface area contributed by atoms with Crippen molar-refractivity contribution in [3.8, 4) is 11.5 Å². The first-order chi connectivity index (χ1) is 13.9. The highest BCUT2D eigenvalue weighted by molar-refractivity contribution is 6.31. The molecule has 2 rings (SSSR count). The molecule has 0 radical (unpaired) electrons. The second-order valence-electron chi connectivity index (χ2n) is 6.00. The van der Waals surface area contributed by atoms with Gasteiger partial charge in [0, 0.05) is 23.6 Å². The molecule has 8 nitrogen and oxygen atoms in total. The monoisotopic (exact) mass is 419 g/mol. The Morgan fingerprint density at radius 1 is 0.897 bits per heavy atom. The predicted molar refractivity (Wildman–Crippen MR) is 109 cm³/mol. The number of halogens is 1. The van der Waals surface area contributed by atoms with Gasteiger partial charge in [-0.2, -0.15) is 0 Å². The molecule has 0 fully saturated rings. The average Bonchev–Trinajstić information content (AvgIpc) is 2.72. The number of rotatable bonds is 8. The smallest absolute Gasteiger partial charge is 0.276 e. The van der Waals surface area contributed by atoms with Gasteiger partial charge in [-0.05, 0) is 36.8 Å². The standard InChI is InChI=1S/C20H22ClN3O5/c1-13-14(21)6-5-7-15(13)22-18(25)10-11-19(26)23-24-20(27)12-29-17-9-4-3-8-16(17)28-2/h3-9H,10-12H2,1-2H3,(H,22,25)(H,23,26)(H,24,27). The molecule has 0 aromatic heterocycles. The molecule has 0 aliphatic carbocycles. The summed E-state index contributed by atoms with van der Waals surface area (Å²) in [6, 6.07) is 12.0. The summed E-state index contributed by atoms with van der Waals surface area (Å²) < 4.78 is 10.5. The zero-order valence-corrected chi connectivity index (χ0v) is 16.8. The average molecular weight is 420 g/mol. The van der Waals surface area contributed by atoms with Crippen LogP contribution in [0.2, 0.25) is 5.02 Å². The summed E-state index contributed by atoms with van der Waals surface area (Å²) in [6.07, 6.45) is -0.148. The molecule has 154 valence electrons. The molecule has 0 bridgehead atoms. The number of benzene rings is 2. The zero-order chi connectivity index (χ0) is 21.2. The molecule has 9 heteroatoms. The second-order valence-corrected chi connectivity index (χ2v) is 6.40. The third kappa shape index (κ3) is 7.00. The number of hydrogen-bond donors (Lipinski definition) is 3. The van der Waals surface area contributed by atoms with E-state index >= 15 is 0 Å². The zero-order valence-electron chi connectivity index (χ0n) is 16.1. The SMILES string of the molecule is COc1ccccc1OCC(=O)NNC(=O)CCC(=O)Nc1cccc(Cl)c1C. The van der Waals surface area contributed by atoms with Gasteiger partial charge in [-0.25, -0.2) is 0 Å². The number of ether oxygens (including phenoxy) is 2. The maximum atomic E-state index is 12.0. The fraction of sp³-hybridized carbons (Fsp3) is 0.250. The molecule has 0 saturated heterocycles. The Hall–Kier alpha value is -3.26. The Morgan fingerprint density at radius 3 is 2.28 bits per heavy atom. The fourth-order valence-electron chi connectivity index (χ4n) is 2.30. The van der Waals surface area contributed by atoms with Gasteiger partial charge >= 0.3 is 0 Å². The largest absolute Gasteiger partial charge is 0.493 e. The van der Waals surface area contributed by atoms with Crippen LogP contribution in [0.1, 0.15) is 18.4 Å². The van der Waals surface area contributed by atoms with Crippen LogP contribution in [0.5, 0.6) is 11.5 Å². The van der Waals surface area contributed by atoms with Gasteiger partial charge in [0.15, 0.2) is 18.1 Å². The lowest BCUT2D eigenvalue weighted by atomic mass is 10.2. The van der Waals surface area contributed by atoms with Crippen molar-refractivity contribution in [1.82, 2.24) is 10.9 Å². The van der Waals surface area contributed by atoms with Crippen molar-refractivity contribution in [1.29, 1.82) is 0 Å². The van der Waals surface area contributed by atoms with E-state index in [1.54, 1.807) is 49.4 Å². The summed E-state index contributed by atoms with van der Waals surface area (Å²) in [5, 5.41) is 3.24. The minimum absolute atomic E-state index is 0.0502. The third-order valence-electron chi connectivity index (χ3n) is 3.89. The molecule has 0 saturated carbocycles. The number of amides is 3. The summed E-state index contributed by atoms with van der Waals surface area (Å²) in [5.41, 5.74) is 5.80. The normalized spacial score (nSPS) is 10.0. The maximum Gasteiger partial charge on any atom is 0.276 e. The fourth-order valence-corrected chi connectivity index (χ4v) is 2.48. The van der Waals surface area contributed by atoms with E-state index in [2.05, 4.69) is 16.2 Å². The molecule has 0 spiro atoms. The van der Waals surface area contributed by atoms with Crippen LogP contribution in [0, 0.1) is 6.92 Å². The molecule has 29 heavy (non-hydrogen) atoms. The van der Waals surface area contributed by atoms with Crippen LogP contribution in [0.3, 0.4) is 0 Å². The quantitative estimate of drug-likeness (QED) is 0.570. The maximum absolute atomic E-state index is 12.0. The molecule has 0 aliphatic rings. The van der Waals surface area contributed by atoms with E-state index in [4.69, 9.17) is 21.1 Å². The van der Waals surface area contributed by atoms with Gasteiger partial charge in [-0.1, -0.05) is 29.8 Å². The Kier molecular flexibility index (Phi) is 8.29. The first kappa shape index (κ1) is 22.0. The van der Waals surface area contributed by atoms with Crippen LogP contribution in [-0.4, -0.2) is 31.4 Å². The number of para-hydroxylation sites is 2. The lowest BCUT2D eigenvalue weighted by Crippen LogP contribution is -2.44. The minimum Gasteiger partial charge on any atom is -0.493 e. The number of carbonyl (C=O) groups is 3. The van der Waals surface area contributed by atoms with E-state index < -0.39 is 11.8 Å². The van der Waals surface area contributed by atoms with Crippen molar-refractivity contribution in [2.75, 3.05) is 19.0 Å². The first-order valence-corrected chi connectivity index (χ1v) is 9.17. The molecule has 2 aromatic rings. The number of hydrazine groups is 1. The number of hydrogen-bond acceptors (Lipinski definition) is 5. The predicted octanol–water partition coefficient (Wildman–Crippen LogP) is 2.60. The van der Waals surface area contributed by atoms with Gasteiger partial charge in [0.1, 0.15) is 0 Å². The lowest BCUT2D eigenvalue weighted by Gasteiger charge is -2.11. The molecule has 0 unspecified atom stereocenters. The summed E-state index contributed by atoms with van der Waals surface area (Å²) in [7, 11) is 1.49. The molecule has 0 atom stereocenters. The van der Waals surface area contributed by atoms with Crippen LogP contribution < -0.4 is 25.6 Å². The van der Waals surface area contributed by atoms with Crippen LogP contribution in [0.15, 0.2) is 42.5 Å². The van der Waals surface area contributed by atoms with Crippen molar-refractivity contribution < 1.29 is 23.9 Å². The molecular weight excluding hydrogens is 398 g/mol. The topological polar surface area (TPSA) is 106 Å². The number of nitrogens with one attached hydrogen (secondary N) is 3. The van der Waals surface area contributed by atoms with E-state index in [0.717, 1.165) is 5.56 Å². The number of carbonyl (C=O) groups excluding carboxylic acids is 3. The van der Waals surface area contributed by atoms with Crippen molar-refractivity contribution in [3.63, 3.8) is 0 Å². The van der Waals surface area contributed by atoms with Gasteiger partial charge in [-0.3, -0.25) is 25.2 Å². The van der Waals surface area contributed by atoms with E-state index in [9.17, 15) is 14.4 Å². The Morgan fingerprint density at radius 2 is 1.55 bits per heavy atom. The highest BCUT2D eigenvalue weighted by atomic mass is 35.5. The van der Waals surface area contributed by atoms with Crippen molar-refractivity contribution >= 4 is 35.0 Å². The van der Waals surface area contributed by atoms with E-state index in [0.29, 0.717) is 22.2 Å².